The van der Waals surface area contributed by atoms with Crippen molar-refractivity contribution in [3.63, 3.8) is 0 Å². The van der Waals surface area contributed by atoms with E-state index in [0.29, 0.717) is 0 Å². The number of hydrogen-bond acceptors (Lipinski definition) is 3. The van der Waals surface area contributed by atoms with Crippen LogP contribution in [0.2, 0.25) is 0 Å². The second kappa shape index (κ2) is 5.22. The maximum atomic E-state index is 4.30. The Bertz CT molecular complexity index is 503. The minimum absolute atomic E-state index is 1.00. The van der Waals surface area contributed by atoms with Gasteiger partial charge in [-0.3, -0.25) is 0 Å². The third-order valence-electron chi connectivity index (χ3n) is 3.55. The van der Waals surface area contributed by atoms with Crippen LogP contribution in [0.4, 0.5) is 0 Å². The summed E-state index contributed by atoms with van der Waals surface area (Å²) in [5.74, 6) is 1.05. The molecule has 0 radical (unpaired) electrons. The van der Waals surface area contributed by atoms with Crippen molar-refractivity contribution in [2.75, 3.05) is 0 Å². The molecule has 0 aliphatic heterocycles. The summed E-state index contributed by atoms with van der Waals surface area (Å²) in [4.78, 5) is 2.88. The average molecular weight is 261 g/mol. The lowest BCUT2D eigenvalue weighted by molar-refractivity contribution is 0.683. The van der Waals surface area contributed by atoms with E-state index in [9.17, 15) is 0 Å². The Kier molecular flexibility index (Phi) is 3.46. The number of rotatable bonds is 3. The Hall–Kier alpha value is -1.16. The predicted octanol–water partition coefficient (Wildman–Crippen LogP) is 3.69. The molecule has 0 amide bonds. The van der Waals surface area contributed by atoms with E-state index in [0.717, 1.165) is 18.8 Å². The first kappa shape index (κ1) is 11.9. The van der Waals surface area contributed by atoms with Crippen molar-refractivity contribution >= 4 is 11.3 Å². The molecule has 0 aromatic carbocycles. The Labute approximate surface area is 112 Å². The van der Waals surface area contributed by atoms with Crippen LogP contribution in [-0.4, -0.2) is 14.8 Å². The molecule has 1 aliphatic carbocycles. The standard InChI is InChI=1S/C14H19N3S/c1-2-8-17-10-15-16-14(17)13-9-11-6-4-3-5-7-12(11)18-13/h9-10H,2-8H2,1H3. The van der Waals surface area contributed by atoms with E-state index in [1.807, 2.05) is 17.7 Å². The molecule has 0 saturated carbocycles. The first-order valence-electron chi connectivity index (χ1n) is 6.88. The van der Waals surface area contributed by atoms with Gasteiger partial charge in [0.2, 0.25) is 0 Å². The highest BCUT2D eigenvalue weighted by molar-refractivity contribution is 7.15. The van der Waals surface area contributed by atoms with Gasteiger partial charge in [-0.05, 0) is 43.7 Å². The summed E-state index contributed by atoms with van der Waals surface area (Å²) in [6, 6.07) is 2.35. The Balaban J connectivity index is 1.94. The number of nitrogens with zero attached hydrogens (tertiary/aromatic N) is 3. The Morgan fingerprint density at radius 2 is 2.17 bits per heavy atom. The third kappa shape index (κ3) is 2.21. The van der Waals surface area contributed by atoms with Crippen LogP contribution in [0.15, 0.2) is 12.4 Å². The van der Waals surface area contributed by atoms with E-state index in [2.05, 4.69) is 27.8 Å². The highest BCUT2D eigenvalue weighted by Gasteiger charge is 2.16. The predicted molar refractivity (Wildman–Crippen MR) is 74.9 cm³/mol. The molecule has 18 heavy (non-hydrogen) atoms. The summed E-state index contributed by atoms with van der Waals surface area (Å²) in [6.45, 7) is 3.19. The normalized spacial score (nSPS) is 15.4. The van der Waals surface area contributed by atoms with E-state index in [1.165, 1.54) is 37.0 Å². The molecule has 2 heterocycles. The zero-order chi connectivity index (χ0) is 12.4. The zero-order valence-corrected chi connectivity index (χ0v) is 11.7. The number of thiophene rings is 1. The first-order valence-corrected chi connectivity index (χ1v) is 7.70. The molecule has 2 aromatic rings. The molecule has 4 heteroatoms. The molecule has 0 unspecified atom stereocenters. The molecular weight excluding hydrogens is 242 g/mol. The molecule has 3 nitrogen and oxygen atoms in total. The maximum absolute atomic E-state index is 4.30. The lowest BCUT2D eigenvalue weighted by atomic mass is 10.1. The molecule has 0 bridgehead atoms. The highest BCUT2D eigenvalue weighted by atomic mass is 32.1. The summed E-state index contributed by atoms with van der Waals surface area (Å²) >= 11 is 1.92. The second-order valence-electron chi connectivity index (χ2n) is 4.97. The van der Waals surface area contributed by atoms with Crippen molar-refractivity contribution in [1.29, 1.82) is 0 Å². The van der Waals surface area contributed by atoms with Gasteiger partial charge in [0.1, 0.15) is 6.33 Å². The minimum atomic E-state index is 1.00. The van der Waals surface area contributed by atoms with Crippen LogP contribution in [-0.2, 0) is 19.4 Å². The topological polar surface area (TPSA) is 30.7 Å². The van der Waals surface area contributed by atoms with Gasteiger partial charge in [-0.1, -0.05) is 13.3 Å². The van der Waals surface area contributed by atoms with Crippen molar-refractivity contribution in [3.05, 3.63) is 22.8 Å². The second-order valence-corrected chi connectivity index (χ2v) is 6.10. The summed E-state index contributed by atoms with van der Waals surface area (Å²) in [7, 11) is 0. The van der Waals surface area contributed by atoms with E-state index in [-0.39, 0.29) is 0 Å². The molecular formula is C14H19N3S. The van der Waals surface area contributed by atoms with Crippen LogP contribution in [0.25, 0.3) is 10.7 Å². The van der Waals surface area contributed by atoms with E-state index in [4.69, 9.17) is 0 Å². The molecule has 2 aromatic heterocycles. The van der Waals surface area contributed by atoms with Crippen LogP contribution < -0.4 is 0 Å². The lowest BCUT2D eigenvalue weighted by Gasteiger charge is -2.01. The summed E-state index contributed by atoms with van der Waals surface area (Å²) in [5.41, 5.74) is 1.55. The van der Waals surface area contributed by atoms with Gasteiger partial charge < -0.3 is 4.57 Å². The molecule has 3 rings (SSSR count). The molecule has 0 saturated heterocycles. The van der Waals surface area contributed by atoms with E-state index < -0.39 is 0 Å². The fourth-order valence-corrected chi connectivity index (χ4v) is 3.88. The number of fused-ring (bicyclic) bond motifs is 1. The molecule has 1 aliphatic rings. The Morgan fingerprint density at radius 1 is 1.28 bits per heavy atom. The van der Waals surface area contributed by atoms with Gasteiger partial charge in [-0.15, -0.1) is 21.5 Å². The van der Waals surface area contributed by atoms with Crippen molar-refractivity contribution < 1.29 is 0 Å². The number of hydrogen-bond donors (Lipinski definition) is 0. The Morgan fingerprint density at radius 3 is 3.06 bits per heavy atom. The summed E-state index contributed by atoms with van der Waals surface area (Å²) in [6.07, 6.45) is 9.53. The van der Waals surface area contributed by atoms with Gasteiger partial charge in [-0.2, -0.15) is 0 Å². The van der Waals surface area contributed by atoms with Crippen molar-refractivity contribution in [2.24, 2.45) is 0 Å². The lowest BCUT2D eigenvalue weighted by Crippen LogP contribution is -1.97. The minimum Gasteiger partial charge on any atom is -0.313 e. The van der Waals surface area contributed by atoms with E-state index in [1.54, 1.807) is 10.4 Å². The van der Waals surface area contributed by atoms with Crippen molar-refractivity contribution in [1.82, 2.24) is 14.8 Å². The van der Waals surface area contributed by atoms with E-state index >= 15 is 0 Å². The molecule has 96 valence electrons. The number of aryl methyl sites for hydroxylation is 3. The van der Waals surface area contributed by atoms with Crippen LogP contribution >= 0.6 is 11.3 Å². The third-order valence-corrected chi connectivity index (χ3v) is 4.78. The molecule has 0 spiro atoms. The fourth-order valence-electron chi connectivity index (χ4n) is 2.63. The maximum Gasteiger partial charge on any atom is 0.173 e. The monoisotopic (exact) mass is 261 g/mol. The van der Waals surface area contributed by atoms with Gasteiger partial charge in [0, 0.05) is 11.4 Å². The molecule has 0 N–H and O–H groups in total. The molecule has 0 atom stereocenters. The quantitative estimate of drug-likeness (QED) is 0.789. The van der Waals surface area contributed by atoms with Gasteiger partial charge >= 0.3 is 0 Å². The summed E-state index contributed by atoms with van der Waals surface area (Å²) in [5, 5.41) is 8.36. The summed E-state index contributed by atoms with van der Waals surface area (Å²) < 4.78 is 2.17. The van der Waals surface area contributed by atoms with Crippen molar-refractivity contribution in [3.8, 4) is 10.7 Å². The van der Waals surface area contributed by atoms with Gasteiger partial charge in [0.25, 0.3) is 0 Å². The zero-order valence-electron chi connectivity index (χ0n) is 10.9. The van der Waals surface area contributed by atoms with Crippen molar-refractivity contribution in [2.45, 2.75) is 52.0 Å². The van der Waals surface area contributed by atoms with Gasteiger partial charge in [0.05, 0.1) is 4.88 Å². The first-order chi connectivity index (χ1) is 8.88. The van der Waals surface area contributed by atoms with Gasteiger partial charge in [-0.25, -0.2) is 0 Å². The van der Waals surface area contributed by atoms with Gasteiger partial charge in [0.15, 0.2) is 5.82 Å². The highest BCUT2D eigenvalue weighted by Crippen LogP contribution is 2.34. The smallest absolute Gasteiger partial charge is 0.173 e. The fraction of sp³-hybridized carbons (Fsp3) is 0.571. The van der Waals surface area contributed by atoms with Crippen LogP contribution in [0.1, 0.15) is 43.0 Å². The van der Waals surface area contributed by atoms with Crippen LogP contribution in [0.3, 0.4) is 0 Å². The largest absolute Gasteiger partial charge is 0.313 e. The van der Waals surface area contributed by atoms with Crippen LogP contribution in [0.5, 0.6) is 0 Å². The molecule has 0 fully saturated rings. The van der Waals surface area contributed by atoms with Crippen LogP contribution in [0, 0.1) is 0 Å². The number of aromatic nitrogens is 3. The average Bonchev–Trinajstić information content (AvgIpc) is 2.92. The SMILES string of the molecule is CCCn1cnnc1-c1cc2c(s1)CCCCC2.